The molecule has 0 spiro atoms. The molecule has 0 bridgehead atoms. The van der Waals surface area contributed by atoms with Crippen molar-refractivity contribution in [2.45, 2.75) is 50.6 Å². The van der Waals surface area contributed by atoms with Gasteiger partial charge >= 0.3 is 0 Å². The molecule has 1 saturated carbocycles. The summed E-state index contributed by atoms with van der Waals surface area (Å²) in [5.41, 5.74) is 0. The molecule has 0 aromatic heterocycles. The fraction of sp³-hybridized carbons (Fsp3) is 0.938. The van der Waals surface area contributed by atoms with E-state index >= 15 is 0 Å². The van der Waals surface area contributed by atoms with E-state index in [1.54, 1.807) is 0 Å². The lowest BCUT2D eigenvalue weighted by Gasteiger charge is -2.32. The first kappa shape index (κ1) is 15.3. The van der Waals surface area contributed by atoms with Crippen molar-refractivity contribution in [1.29, 1.82) is 0 Å². The largest absolute Gasteiger partial charge is 0.381 e. The molecule has 3 fully saturated rings. The third kappa shape index (κ3) is 5.24. The normalized spacial score (nSPS) is 25.9. The van der Waals surface area contributed by atoms with Crippen LogP contribution in [-0.2, 0) is 9.53 Å². The van der Waals surface area contributed by atoms with Crippen LogP contribution in [0.2, 0.25) is 0 Å². The number of carbonyl (C=O) groups excluding carboxylic acids is 1. The molecule has 3 rings (SSSR count). The van der Waals surface area contributed by atoms with Gasteiger partial charge in [-0.1, -0.05) is 0 Å². The summed E-state index contributed by atoms with van der Waals surface area (Å²) >= 11 is 0. The Labute approximate surface area is 127 Å². The van der Waals surface area contributed by atoms with Crippen molar-refractivity contribution in [3.05, 3.63) is 0 Å². The van der Waals surface area contributed by atoms with E-state index in [4.69, 9.17) is 4.74 Å². The molecule has 2 N–H and O–H groups in total. The van der Waals surface area contributed by atoms with Crippen molar-refractivity contribution < 1.29 is 9.53 Å². The maximum absolute atomic E-state index is 12.1. The minimum atomic E-state index is 0.191. The highest BCUT2D eigenvalue weighted by Gasteiger charge is 2.25. The van der Waals surface area contributed by atoms with E-state index < -0.39 is 0 Å². The second-order valence-electron chi connectivity index (χ2n) is 6.86. The Bertz CT molecular complexity index is 332. The highest BCUT2D eigenvalue weighted by Crippen LogP contribution is 2.21. The molecule has 21 heavy (non-hydrogen) atoms. The molecule has 0 aromatic carbocycles. The van der Waals surface area contributed by atoms with Crippen LogP contribution in [0, 0.1) is 5.92 Å². The molecule has 3 aliphatic rings. The molecular weight excluding hydrogens is 266 g/mol. The maximum atomic E-state index is 12.1. The Kier molecular flexibility index (Phi) is 5.49. The van der Waals surface area contributed by atoms with Gasteiger partial charge in [0.05, 0.1) is 6.54 Å². The van der Waals surface area contributed by atoms with Crippen molar-refractivity contribution >= 4 is 5.91 Å². The van der Waals surface area contributed by atoms with Crippen LogP contribution < -0.4 is 10.6 Å². The van der Waals surface area contributed by atoms with E-state index in [1.165, 1.54) is 32.2 Å². The summed E-state index contributed by atoms with van der Waals surface area (Å²) in [7, 11) is 0. The highest BCUT2D eigenvalue weighted by molar-refractivity contribution is 5.78. The molecule has 2 saturated heterocycles. The molecule has 0 unspecified atom stereocenters. The molecule has 0 radical (unpaired) electrons. The van der Waals surface area contributed by atoms with Crippen molar-refractivity contribution in [2.24, 2.45) is 5.92 Å². The first-order valence-corrected chi connectivity index (χ1v) is 8.62. The minimum Gasteiger partial charge on any atom is -0.381 e. The monoisotopic (exact) mass is 295 g/mol. The van der Waals surface area contributed by atoms with Gasteiger partial charge in [-0.2, -0.15) is 0 Å². The summed E-state index contributed by atoms with van der Waals surface area (Å²) in [5, 5.41) is 6.78. The lowest BCUT2D eigenvalue weighted by molar-refractivity contribution is -0.123. The van der Waals surface area contributed by atoms with E-state index in [-0.39, 0.29) is 5.91 Å². The van der Waals surface area contributed by atoms with E-state index in [1.807, 2.05) is 0 Å². The van der Waals surface area contributed by atoms with Crippen LogP contribution in [0.4, 0.5) is 0 Å². The Balaban J connectivity index is 1.29. The molecule has 0 aromatic rings. The van der Waals surface area contributed by atoms with Crippen LogP contribution in [0.15, 0.2) is 0 Å². The summed E-state index contributed by atoms with van der Waals surface area (Å²) in [4.78, 5) is 14.4. The number of amides is 1. The summed E-state index contributed by atoms with van der Waals surface area (Å²) in [6, 6.07) is 1.14. The second-order valence-corrected chi connectivity index (χ2v) is 6.86. The molecule has 5 nitrogen and oxygen atoms in total. The number of nitrogens with one attached hydrogen (secondary N) is 2. The number of carbonyl (C=O) groups is 1. The fourth-order valence-electron chi connectivity index (χ4n) is 3.29. The maximum Gasteiger partial charge on any atom is 0.234 e. The van der Waals surface area contributed by atoms with Crippen LogP contribution in [0.5, 0.6) is 0 Å². The first-order chi connectivity index (χ1) is 10.3. The SMILES string of the molecule is O=C(CN1CCC(CNC2CC2)CC1)NC1CCOCC1. The Morgan fingerprint density at radius 2 is 1.71 bits per heavy atom. The standard InChI is InChI=1S/C16H29N3O2/c20-16(18-15-5-9-21-10-6-15)12-19-7-3-13(4-8-19)11-17-14-1-2-14/h13-15,17H,1-12H2,(H,18,20). The average molecular weight is 295 g/mol. The number of hydrogen-bond donors (Lipinski definition) is 2. The predicted octanol–water partition coefficient (Wildman–Crippen LogP) is 0.746. The zero-order valence-electron chi connectivity index (χ0n) is 13.0. The van der Waals surface area contributed by atoms with Gasteiger partial charge in [0.15, 0.2) is 0 Å². The van der Waals surface area contributed by atoms with Gasteiger partial charge in [0.2, 0.25) is 5.91 Å². The Morgan fingerprint density at radius 3 is 2.38 bits per heavy atom. The number of hydrogen-bond acceptors (Lipinski definition) is 4. The smallest absolute Gasteiger partial charge is 0.234 e. The molecule has 2 aliphatic heterocycles. The van der Waals surface area contributed by atoms with Crippen molar-refractivity contribution in [2.75, 3.05) is 39.4 Å². The minimum absolute atomic E-state index is 0.191. The van der Waals surface area contributed by atoms with E-state index in [2.05, 4.69) is 15.5 Å². The van der Waals surface area contributed by atoms with Crippen LogP contribution in [0.25, 0.3) is 0 Å². The number of rotatable bonds is 6. The first-order valence-electron chi connectivity index (χ1n) is 8.62. The molecule has 0 atom stereocenters. The lowest BCUT2D eigenvalue weighted by atomic mass is 9.96. The van der Waals surface area contributed by atoms with Gasteiger partial charge in [0.25, 0.3) is 0 Å². The van der Waals surface area contributed by atoms with Gasteiger partial charge in [-0.3, -0.25) is 9.69 Å². The van der Waals surface area contributed by atoms with Crippen molar-refractivity contribution in [3.8, 4) is 0 Å². The van der Waals surface area contributed by atoms with Gasteiger partial charge < -0.3 is 15.4 Å². The zero-order valence-corrected chi connectivity index (χ0v) is 13.0. The number of piperidine rings is 1. The number of ether oxygens (including phenoxy) is 1. The van der Waals surface area contributed by atoms with Crippen LogP contribution in [0.3, 0.4) is 0 Å². The number of nitrogens with zero attached hydrogens (tertiary/aromatic N) is 1. The van der Waals surface area contributed by atoms with Gasteiger partial charge in [-0.25, -0.2) is 0 Å². The zero-order chi connectivity index (χ0) is 14.5. The van der Waals surface area contributed by atoms with Crippen LogP contribution in [0.1, 0.15) is 38.5 Å². The van der Waals surface area contributed by atoms with Gasteiger partial charge in [0, 0.05) is 25.3 Å². The molecule has 2 heterocycles. The molecular formula is C16H29N3O2. The van der Waals surface area contributed by atoms with E-state index in [0.29, 0.717) is 12.6 Å². The van der Waals surface area contributed by atoms with E-state index in [0.717, 1.165) is 51.1 Å². The second kappa shape index (κ2) is 7.56. The third-order valence-electron chi connectivity index (χ3n) is 4.93. The average Bonchev–Trinajstić information content (AvgIpc) is 3.32. The lowest BCUT2D eigenvalue weighted by Crippen LogP contribution is -2.46. The van der Waals surface area contributed by atoms with Crippen LogP contribution in [-0.4, -0.2) is 62.3 Å². The van der Waals surface area contributed by atoms with Crippen molar-refractivity contribution in [1.82, 2.24) is 15.5 Å². The fourth-order valence-corrected chi connectivity index (χ4v) is 3.29. The topological polar surface area (TPSA) is 53.6 Å². The van der Waals surface area contributed by atoms with Gasteiger partial charge in [0.1, 0.15) is 0 Å². The number of likely N-dealkylation sites (tertiary alicyclic amines) is 1. The molecule has 1 amide bonds. The van der Waals surface area contributed by atoms with Gasteiger partial charge in [-0.05, 0) is 64.1 Å². The Hall–Kier alpha value is -0.650. The van der Waals surface area contributed by atoms with E-state index in [9.17, 15) is 4.79 Å². The molecule has 120 valence electrons. The highest BCUT2D eigenvalue weighted by atomic mass is 16.5. The summed E-state index contributed by atoms with van der Waals surface area (Å²) in [6.07, 6.45) is 7.10. The molecule has 5 heteroatoms. The van der Waals surface area contributed by atoms with Gasteiger partial charge in [-0.15, -0.1) is 0 Å². The summed E-state index contributed by atoms with van der Waals surface area (Å²) in [6.45, 7) is 5.44. The third-order valence-corrected chi connectivity index (χ3v) is 4.93. The quantitative estimate of drug-likeness (QED) is 0.759. The Morgan fingerprint density at radius 1 is 1.00 bits per heavy atom. The van der Waals surface area contributed by atoms with Crippen LogP contribution >= 0.6 is 0 Å². The van der Waals surface area contributed by atoms with Crippen molar-refractivity contribution in [3.63, 3.8) is 0 Å². The summed E-state index contributed by atoms with van der Waals surface area (Å²) in [5.74, 6) is 0.997. The summed E-state index contributed by atoms with van der Waals surface area (Å²) < 4.78 is 5.32. The molecule has 1 aliphatic carbocycles. The predicted molar refractivity (Wildman–Crippen MR) is 82.2 cm³/mol.